The van der Waals surface area contributed by atoms with Gasteiger partial charge in [-0.3, -0.25) is 0 Å². The number of aliphatic hydroxyl groups is 1. The van der Waals surface area contributed by atoms with Gasteiger partial charge in [0.05, 0.1) is 38.6 Å². The molecule has 1 aromatic carbocycles. The summed E-state index contributed by atoms with van der Waals surface area (Å²) in [6.45, 7) is 2.66. The zero-order valence-corrected chi connectivity index (χ0v) is 18.7. The summed E-state index contributed by atoms with van der Waals surface area (Å²) in [5.74, 6) is 0. The van der Waals surface area contributed by atoms with Gasteiger partial charge in [0.1, 0.15) is 0 Å². The molecule has 5 nitrogen and oxygen atoms in total. The summed E-state index contributed by atoms with van der Waals surface area (Å²) in [5.41, 5.74) is 0. The Balaban J connectivity index is 2.07. The van der Waals surface area contributed by atoms with Crippen molar-refractivity contribution in [3.05, 3.63) is 30.3 Å². The Hall–Kier alpha value is -0.950. The van der Waals surface area contributed by atoms with Crippen LogP contribution >= 0.6 is 0 Å². The molecule has 0 aliphatic heterocycles. The van der Waals surface area contributed by atoms with Gasteiger partial charge in [0.15, 0.2) is 0 Å². The summed E-state index contributed by atoms with van der Waals surface area (Å²) < 4.78 is 28.0. The zero-order valence-electron chi connectivity index (χ0n) is 17.9. The number of hydrogen-bond donors (Lipinski definition) is 2. The monoisotopic (exact) mass is 413 g/mol. The van der Waals surface area contributed by atoms with E-state index in [1.807, 2.05) is 6.07 Å². The highest BCUT2D eigenvalue weighted by Gasteiger charge is 2.18. The molecule has 1 rings (SSSR count). The fourth-order valence-electron chi connectivity index (χ4n) is 3.34. The van der Waals surface area contributed by atoms with Crippen molar-refractivity contribution in [1.29, 1.82) is 0 Å². The van der Waals surface area contributed by atoms with E-state index in [4.69, 9.17) is 5.11 Å². The quantitative estimate of drug-likeness (QED) is 0.300. The van der Waals surface area contributed by atoms with E-state index in [0.29, 0.717) is 18.0 Å². The van der Waals surface area contributed by atoms with Crippen LogP contribution in [0.25, 0.3) is 0 Å². The van der Waals surface area contributed by atoms with Crippen LogP contribution in [0.5, 0.6) is 0 Å². The van der Waals surface area contributed by atoms with Crippen molar-refractivity contribution in [2.45, 2.75) is 69.1 Å². The predicted octanol–water partition coefficient (Wildman–Crippen LogP) is 3.93. The second-order valence-electron chi connectivity index (χ2n) is 8.35. The largest absolute Gasteiger partial charge is 0.396 e. The van der Waals surface area contributed by atoms with Crippen molar-refractivity contribution >= 4 is 10.0 Å². The minimum atomic E-state index is -3.40. The van der Waals surface area contributed by atoms with Gasteiger partial charge in [-0.1, -0.05) is 63.1 Å². The maximum Gasteiger partial charge on any atom is 0.240 e. The molecule has 0 saturated carbocycles. The summed E-state index contributed by atoms with van der Waals surface area (Å²) in [5, 5.41) is 8.75. The molecular formula is C22H41N2O3S+. The SMILES string of the molecule is C[N+](C)(CCCCCCCCCCCCO)CCNS(=O)(=O)c1ccccc1. The van der Waals surface area contributed by atoms with Crippen LogP contribution in [-0.2, 0) is 10.0 Å². The van der Waals surface area contributed by atoms with Crippen LogP contribution in [0.1, 0.15) is 64.2 Å². The van der Waals surface area contributed by atoms with Crippen molar-refractivity contribution in [3.8, 4) is 0 Å². The van der Waals surface area contributed by atoms with Crippen molar-refractivity contribution in [2.24, 2.45) is 0 Å². The Morgan fingerprint density at radius 2 is 1.29 bits per heavy atom. The number of sulfonamides is 1. The Kier molecular flexibility index (Phi) is 12.6. The van der Waals surface area contributed by atoms with Gasteiger partial charge in [-0.05, 0) is 31.4 Å². The average molecular weight is 414 g/mol. The second kappa shape index (κ2) is 14.1. The van der Waals surface area contributed by atoms with Gasteiger partial charge >= 0.3 is 0 Å². The molecule has 0 radical (unpaired) electrons. The fraction of sp³-hybridized carbons (Fsp3) is 0.727. The van der Waals surface area contributed by atoms with Gasteiger partial charge in [-0.2, -0.15) is 0 Å². The van der Waals surface area contributed by atoms with Crippen LogP contribution in [0.3, 0.4) is 0 Å². The maximum absolute atomic E-state index is 12.2. The third kappa shape index (κ3) is 11.8. The maximum atomic E-state index is 12.2. The van der Waals surface area contributed by atoms with E-state index >= 15 is 0 Å². The zero-order chi connectivity index (χ0) is 20.7. The van der Waals surface area contributed by atoms with E-state index in [-0.39, 0.29) is 0 Å². The lowest BCUT2D eigenvalue weighted by Gasteiger charge is -2.30. The van der Waals surface area contributed by atoms with Gasteiger partial charge in [0.25, 0.3) is 0 Å². The first-order valence-electron chi connectivity index (χ1n) is 10.8. The molecule has 162 valence electrons. The molecule has 0 spiro atoms. The van der Waals surface area contributed by atoms with Crippen LogP contribution in [0, 0.1) is 0 Å². The molecule has 1 aromatic rings. The molecule has 6 heteroatoms. The van der Waals surface area contributed by atoms with Crippen LogP contribution < -0.4 is 4.72 Å². The number of aliphatic hydroxyl groups excluding tert-OH is 1. The van der Waals surface area contributed by atoms with E-state index < -0.39 is 10.0 Å². The normalized spacial score (nSPS) is 12.4. The van der Waals surface area contributed by atoms with Crippen LogP contribution in [0.15, 0.2) is 35.2 Å². The number of likely N-dealkylation sites (N-methyl/N-ethyl adjacent to an activating group) is 1. The van der Waals surface area contributed by atoms with Crippen molar-refractivity contribution in [2.75, 3.05) is 40.3 Å². The summed E-state index contributed by atoms with van der Waals surface area (Å²) in [6.07, 6.45) is 12.3. The molecule has 0 unspecified atom stereocenters. The van der Waals surface area contributed by atoms with E-state index in [2.05, 4.69) is 18.8 Å². The molecule has 0 bridgehead atoms. The number of nitrogens with zero attached hydrogens (tertiary/aromatic N) is 1. The molecule has 0 aliphatic carbocycles. The van der Waals surface area contributed by atoms with E-state index in [1.165, 1.54) is 51.4 Å². The first-order valence-corrected chi connectivity index (χ1v) is 12.3. The second-order valence-corrected chi connectivity index (χ2v) is 10.1. The van der Waals surface area contributed by atoms with E-state index in [1.54, 1.807) is 24.3 Å². The van der Waals surface area contributed by atoms with Gasteiger partial charge in [-0.15, -0.1) is 0 Å². The van der Waals surface area contributed by atoms with Crippen molar-refractivity contribution in [3.63, 3.8) is 0 Å². The van der Waals surface area contributed by atoms with E-state index in [0.717, 1.165) is 30.4 Å². The van der Waals surface area contributed by atoms with Gasteiger partial charge in [-0.25, -0.2) is 13.1 Å². The minimum Gasteiger partial charge on any atom is -0.396 e. The van der Waals surface area contributed by atoms with Gasteiger partial charge in [0.2, 0.25) is 10.0 Å². The average Bonchev–Trinajstić information content (AvgIpc) is 2.66. The molecule has 0 heterocycles. The third-order valence-electron chi connectivity index (χ3n) is 5.23. The number of quaternary nitrogens is 1. The Morgan fingerprint density at radius 3 is 1.82 bits per heavy atom. The molecule has 0 amide bonds. The molecule has 0 atom stereocenters. The molecule has 0 fully saturated rings. The predicted molar refractivity (Wildman–Crippen MR) is 117 cm³/mol. The number of benzene rings is 1. The lowest BCUT2D eigenvalue weighted by atomic mass is 10.1. The Labute approximate surface area is 172 Å². The number of rotatable bonds is 17. The lowest BCUT2D eigenvalue weighted by molar-refractivity contribution is -0.889. The highest BCUT2D eigenvalue weighted by Crippen LogP contribution is 2.12. The number of unbranched alkanes of at least 4 members (excludes halogenated alkanes) is 9. The summed E-state index contributed by atoms with van der Waals surface area (Å²) in [4.78, 5) is 0.328. The molecule has 2 N–H and O–H groups in total. The van der Waals surface area contributed by atoms with Crippen LogP contribution in [0.2, 0.25) is 0 Å². The van der Waals surface area contributed by atoms with E-state index in [9.17, 15) is 8.42 Å². The molecule has 0 saturated heterocycles. The smallest absolute Gasteiger partial charge is 0.240 e. The van der Waals surface area contributed by atoms with Crippen molar-refractivity contribution in [1.82, 2.24) is 4.72 Å². The molecule has 0 aliphatic rings. The first-order chi connectivity index (χ1) is 13.4. The molecule has 28 heavy (non-hydrogen) atoms. The van der Waals surface area contributed by atoms with Gasteiger partial charge in [0, 0.05) is 6.61 Å². The summed E-state index contributed by atoms with van der Waals surface area (Å²) in [6, 6.07) is 8.55. The minimum absolute atomic E-state index is 0.327. The van der Waals surface area contributed by atoms with Crippen LogP contribution in [0.4, 0.5) is 0 Å². The Bertz CT molecular complexity index is 603. The highest BCUT2D eigenvalue weighted by molar-refractivity contribution is 7.89. The topological polar surface area (TPSA) is 66.4 Å². The molecule has 0 aromatic heterocycles. The Morgan fingerprint density at radius 1 is 0.786 bits per heavy atom. The fourth-order valence-corrected chi connectivity index (χ4v) is 4.39. The number of hydrogen-bond acceptors (Lipinski definition) is 3. The third-order valence-corrected chi connectivity index (χ3v) is 6.71. The number of nitrogens with one attached hydrogen (secondary N) is 1. The summed E-state index contributed by atoms with van der Waals surface area (Å²) in [7, 11) is 0.939. The highest BCUT2D eigenvalue weighted by atomic mass is 32.2. The standard InChI is InChI=1S/C22H41N2O3S/c1-24(2,19-14-9-7-5-3-4-6-8-10-15-21-25)20-18-23-28(26,27)22-16-12-11-13-17-22/h11-13,16-17,23,25H,3-10,14-15,18-21H2,1-2H3/q+1. The van der Waals surface area contributed by atoms with Crippen molar-refractivity contribution < 1.29 is 18.0 Å². The van der Waals surface area contributed by atoms with Crippen LogP contribution in [-0.4, -0.2) is 58.3 Å². The first kappa shape index (κ1) is 25.1. The summed E-state index contributed by atoms with van der Waals surface area (Å²) >= 11 is 0. The lowest BCUT2D eigenvalue weighted by Crippen LogP contribution is -2.45. The molecular weight excluding hydrogens is 372 g/mol. The van der Waals surface area contributed by atoms with Gasteiger partial charge < -0.3 is 9.59 Å².